The third kappa shape index (κ3) is 0.967. The molecule has 5 atom stereocenters. The van der Waals surface area contributed by atoms with Crippen LogP contribution >= 0.6 is 0 Å². The third-order valence-corrected chi connectivity index (χ3v) is 6.83. The molecule has 1 aliphatic heterocycles. The molecule has 0 aromatic heterocycles. The minimum atomic E-state index is -0.0549. The molecule has 2 aliphatic carbocycles. The summed E-state index contributed by atoms with van der Waals surface area (Å²) in [5, 5.41) is 9.73. The molecule has 1 aromatic carbocycles. The Morgan fingerprint density at radius 2 is 1.74 bits per heavy atom. The van der Waals surface area contributed by atoms with E-state index in [-0.39, 0.29) is 16.5 Å². The van der Waals surface area contributed by atoms with Crippen LogP contribution in [0.25, 0.3) is 0 Å². The molecule has 0 radical (unpaired) electrons. The molecule has 0 spiro atoms. The second-order valence-corrected chi connectivity index (χ2v) is 6.96. The Labute approximate surface area is 115 Å². The number of hydrogen-bond acceptors (Lipinski definition) is 2. The molecule has 2 saturated carbocycles. The van der Waals surface area contributed by atoms with Gasteiger partial charge in [-0.25, -0.2) is 0 Å². The fourth-order valence-corrected chi connectivity index (χ4v) is 5.34. The predicted molar refractivity (Wildman–Crippen MR) is 76.0 cm³/mol. The lowest BCUT2D eigenvalue weighted by atomic mass is 9.61. The van der Waals surface area contributed by atoms with Gasteiger partial charge in [0.2, 0.25) is 0 Å². The van der Waals surface area contributed by atoms with Crippen LogP contribution in [0.3, 0.4) is 0 Å². The minimum absolute atomic E-state index is 0.0549. The van der Waals surface area contributed by atoms with Gasteiger partial charge in [0, 0.05) is 5.41 Å². The Bertz CT molecular complexity index is 552. The normalized spacial score (nSPS) is 50.1. The zero-order valence-electron chi connectivity index (χ0n) is 12.1. The highest BCUT2D eigenvalue weighted by molar-refractivity contribution is 5.40. The van der Waals surface area contributed by atoms with Crippen molar-refractivity contribution in [3.63, 3.8) is 0 Å². The summed E-state index contributed by atoms with van der Waals surface area (Å²) in [4.78, 5) is 0. The summed E-state index contributed by atoms with van der Waals surface area (Å²) in [7, 11) is 0. The summed E-state index contributed by atoms with van der Waals surface area (Å²) in [6.07, 6.45) is 3.81. The van der Waals surface area contributed by atoms with Crippen molar-refractivity contribution < 1.29 is 0 Å². The Kier molecular flexibility index (Phi) is 2.01. The first-order valence-electron chi connectivity index (χ1n) is 7.60. The van der Waals surface area contributed by atoms with E-state index in [0.717, 1.165) is 12.3 Å². The van der Waals surface area contributed by atoms with Crippen molar-refractivity contribution in [2.75, 3.05) is 0 Å². The van der Waals surface area contributed by atoms with Crippen molar-refractivity contribution in [3.8, 4) is 0 Å². The van der Waals surface area contributed by atoms with E-state index in [0.29, 0.717) is 5.92 Å². The van der Waals surface area contributed by atoms with Gasteiger partial charge in [-0.05, 0) is 43.6 Å². The summed E-state index contributed by atoms with van der Waals surface area (Å²) in [5.41, 5.74) is 1.56. The van der Waals surface area contributed by atoms with E-state index in [9.17, 15) is 0 Å². The average molecular weight is 254 g/mol. The van der Waals surface area contributed by atoms with Crippen LogP contribution in [0.5, 0.6) is 0 Å². The van der Waals surface area contributed by atoms with Gasteiger partial charge in [0.1, 0.15) is 5.54 Å². The maximum Gasteiger partial charge on any atom is 0.117 e. The van der Waals surface area contributed by atoms with Gasteiger partial charge in [0.05, 0.1) is 5.54 Å². The lowest BCUT2D eigenvalue weighted by Gasteiger charge is -2.44. The molecule has 0 saturated heterocycles. The van der Waals surface area contributed by atoms with Crippen molar-refractivity contribution in [1.29, 1.82) is 0 Å². The molecule has 0 amide bonds. The SMILES string of the molecule is CC[C@]1(C)[C@]2(C)N=N[C@@]1(c1ccccc1)[C@H]1CC[C@H]12. The van der Waals surface area contributed by atoms with Crippen LogP contribution in [0.2, 0.25) is 0 Å². The van der Waals surface area contributed by atoms with Gasteiger partial charge >= 0.3 is 0 Å². The van der Waals surface area contributed by atoms with Gasteiger partial charge in [-0.1, -0.05) is 44.2 Å². The van der Waals surface area contributed by atoms with E-state index in [1.807, 2.05) is 0 Å². The van der Waals surface area contributed by atoms with Crippen LogP contribution in [-0.4, -0.2) is 5.54 Å². The molecule has 1 heterocycles. The number of azo groups is 1. The van der Waals surface area contributed by atoms with Crippen molar-refractivity contribution in [1.82, 2.24) is 0 Å². The molecular weight excluding hydrogens is 232 g/mol. The van der Waals surface area contributed by atoms with Crippen LogP contribution < -0.4 is 0 Å². The highest BCUT2D eigenvalue weighted by Crippen LogP contribution is 2.76. The van der Waals surface area contributed by atoms with E-state index in [1.165, 1.54) is 18.4 Å². The largest absolute Gasteiger partial charge is 0.186 e. The summed E-state index contributed by atoms with van der Waals surface area (Å²) >= 11 is 0. The second kappa shape index (κ2) is 3.28. The quantitative estimate of drug-likeness (QED) is 0.739. The second-order valence-electron chi connectivity index (χ2n) is 6.96. The molecule has 4 rings (SSSR count). The zero-order valence-corrected chi connectivity index (χ0v) is 12.1. The Balaban J connectivity index is 1.98. The maximum atomic E-state index is 4.91. The topological polar surface area (TPSA) is 24.7 Å². The first-order chi connectivity index (χ1) is 9.10. The molecule has 2 fully saturated rings. The van der Waals surface area contributed by atoms with E-state index >= 15 is 0 Å². The number of fused-ring (bicyclic) bond motifs is 5. The van der Waals surface area contributed by atoms with Gasteiger partial charge in [0.15, 0.2) is 0 Å². The number of nitrogens with zero attached hydrogens (tertiary/aromatic N) is 2. The van der Waals surface area contributed by atoms with E-state index < -0.39 is 0 Å². The minimum Gasteiger partial charge on any atom is -0.186 e. The highest BCUT2D eigenvalue weighted by Gasteiger charge is 2.78. The van der Waals surface area contributed by atoms with Gasteiger partial charge in [-0.2, -0.15) is 10.2 Å². The summed E-state index contributed by atoms with van der Waals surface area (Å²) in [6.45, 7) is 7.10. The molecule has 0 unspecified atom stereocenters. The lowest BCUT2D eigenvalue weighted by molar-refractivity contribution is 0.0896. The molecule has 2 heteroatoms. The van der Waals surface area contributed by atoms with Crippen LogP contribution in [0.1, 0.15) is 45.6 Å². The molecule has 2 bridgehead atoms. The van der Waals surface area contributed by atoms with Gasteiger partial charge in [-0.3, -0.25) is 0 Å². The summed E-state index contributed by atoms with van der Waals surface area (Å²) < 4.78 is 0. The lowest BCUT2D eigenvalue weighted by Crippen LogP contribution is -2.45. The average Bonchev–Trinajstić information content (AvgIpc) is 2.67. The Morgan fingerprint density at radius 1 is 1.05 bits per heavy atom. The molecular formula is C17H22N2. The van der Waals surface area contributed by atoms with Crippen LogP contribution in [-0.2, 0) is 5.54 Å². The summed E-state index contributed by atoms with van der Waals surface area (Å²) in [5.74, 6) is 1.46. The monoisotopic (exact) mass is 254 g/mol. The van der Waals surface area contributed by atoms with Crippen LogP contribution in [0.15, 0.2) is 40.6 Å². The standard InChI is InChI=1S/C17H22N2/c1-4-15(2)16(3)13-10-11-14(13)17(15,19-18-16)12-8-6-5-7-9-12/h5-9,13-14H,4,10-11H2,1-3H3/t13-,14+,15-,16-,17+/m1/s1. The van der Waals surface area contributed by atoms with Crippen molar-refractivity contribution in [3.05, 3.63) is 35.9 Å². The third-order valence-electron chi connectivity index (χ3n) is 6.83. The van der Waals surface area contributed by atoms with Crippen molar-refractivity contribution in [2.45, 2.75) is 51.1 Å². The molecule has 0 N–H and O–H groups in total. The molecule has 2 nitrogen and oxygen atoms in total. The van der Waals surface area contributed by atoms with E-state index in [4.69, 9.17) is 10.2 Å². The van der Waals surface area contributed by atoms with Crippen LogP contribution in [0, 0.1) is 17.3 Å². The van der Waals surface area contributed by atoms with E-state index in [1.54, 1.807) is 0 Å². The summed E-state index contributed by atoms with van der Waals surface area (Å²) in [6, 6.07) is 10.9. The molecule has 19 heavy (non-hydrogen) atoms. The van der Waals surface area contributed by atoms with Crippen molar-refractivity contribution >= 4 is 0 Å². The van der Waals surface area contributed by atoms with Crippen molar-refractivity contribution in [2.24, 2.45) is 27.5 Å². The smallest absolute Gasteiger partial charge is 0.117 e. The van der Waals surface area contributed by atoms with E-state index in [2.05, 4.69) is 51.1 Å². The Morgan fingerprint density at radius 3 is 2.32 bits per heavy atom. The first kappa shape index (κ1) is 11.6. The molecule has 100 valence electrons. The Hall–Kier alpha value is -1.18. The van der Waals surface area contributed by atoms with Crippen LogP contribution in [0.4, 0.5) is 0 Å². The number of hydrogen-bond donors (Lipinski definition) is 0. The highest BCUT2D eigenvalue weighted by atomic mass is 15.3. The number of rotatable bonds is 2. The van der Waals surface area contributed by atoms with Gasteiger partial charge < -0.3 is 0 Å². The first-order valence-corrected chi connectivity index (χ1v) is 7.60. The number of benzene rings is 1. The molecule has 3 aliphatic rings. The molecule has 1 aromatic rings. The van der Waals surface area contributed by atoms with Gasteiger partial charge in [-0.15, -0.1) is 0 Å². The fraction of sp³-hybridized carbons (Fsp3) is 0.647. The maximum absolute atomic E-state index is 4.91. The van der Waals surface area contributed by atoms with Gasteiger partial charge in [0.25, 0.3) is 0 Å². The predicted octanol–water partition coefficient (Wildman–Crippen LogP) is 4.56. The zero-order chi connectivity index (χ0) is 13.3. The fourth-order valence-electron chi connectivity index (χ4n) is 5.34.